The second-order valence-corrected chi connectivity index (χ2v) is 9.34. The third-order valence-corrected chi connectivity index (χ3v) is 6.99. The molecule has 0 N–H and O–H groups in total. The smallest absolute Gasteiger partial charge is 0.120 e. The second kappa shape index (κ2) is 9.52. The van der Waals surface area contributed by atoms with Crippen LogP contribution in [0.5, 0.6) is 5.75 Å². The van der Waals surface area contributed by atoms with Gasteiger partial charge in [-0.2, -0.15) is 0 Å². The maximum absolute atomic E-state index is 6.36. The van der Waals surface area contributed by atoms with Crippen molar-refractivity contribution in [3.8, 4) is 5.75 Å². The van der Waals surface area contributed by atoms with Gasteiger partial charge in [0, 0.05) is 26.2 Å². The van der Waals surface area contributed by atoms with E-state index in [1.54, 1.807) is 11.3 Å². The van der Waals surface area contributed by atoms with Gasteiger partial charge in [-0.05, 0) is 56.6 Å². The first kappa shape index (κ1) is 20.7. The molecule has 0 aliphatic carbocycles. The van der Waals surface area contributed by atoms with Crippen LogP contribution in [0.25, 0.3) is 10.2 Å². The van der Waals surface area contributed by atoms with Crippen LogP contribution in [-0.4, -0.2) is 49.2 Å². The summed E-state index contributed by atoms with van der Waals surface area (Å²) in [6, 6.07) is 12.0. The van der Waals surface area contributed by atoms with Crippen LogP contribution < -0.4 is 9.64 Å². The lowest BCUT2D eigenvalue weighted by atomic mass is 10.2. The highest BCUT2D eigenvalue weighted by Gasteiger charge is 2.19. The number of anilines is 1. The van der Waals surface area contributed by atoms with Crippen LogP contribution in [0.15, 0.2) is 36.4 Å². The predicted octanol–water partition coefficient (Wildman–Crippen LogP) is 5.89. The number of piperazine rings is 1. The van der Waals surface area contributed by atoms with Gasteiger partial charge in [0.2, 0.25) is 0 Å². The van der Waals surface area contributed by atoms with Gasteiger partial charge in [0.05, 0.1) is 37.6 Å². The third-order valence-electron chi connectivity index (χ3n) is 5.25. The van der Waals surface area contributed by atoms with Crippen LogP contribution in [0.1, 0.15) is 17.8 Å². The van der Waals surface area contributed by atoms with Crippen molar-refractivity contribution in [1.82, 2.24) is 9.88 Å². The Hall–Kier alpha value is -1.53. The molecule has 0 bridgehead atoms. The summed E-state index contributed by atoms with van der Waals surface area (Å²) in [4.78, 5) is 9.33. The highest BCUT2D eigenvalue weighted by Crippen LogP contribution is 2.33. The average molecular weight is 450 g/mol. The maximum atomic E-state index is 6.36. The zero-order valence-corrected chi connectivity index (χ0v) is 18.9. The Kier molecular flexibility index (Phi) is 6.81. The van der Waals surface area contributed by atoms with Crippen LogP contribution >= 0.6 is 34.5 Å². The van der Waals surface area contributed by atoms with Gasteiger partial charge >= 0.3 is 0 Å². The van der Waals surface area contributed by atoms with E-state index in [1.807, 2.05) is 37.3 Å². The average Bonchev–Trinajstić information content (AvgIpc) is 3.10. The van der Waals surface area contributed by atoms with E-state index in [0.29, 0.717) is 10.0 Å². The standard InChI is InChI=1S/C22H25Cl2N3OS/c1-16-25-19-8-7-17(15-21(19)29-16)28-14-3-2-9-26-10-12-27(13-11-26)20-6-4-5-18(23)22(20)24/h4-8,15H,2-3,9-14H2,1H3. The molecule has 1 aliphatic heterocycles. The predicted molar refractivity (Wildman–Crippen MR) is 124 cm³/mol. The lowest BCUT2D eigenvalue weighted by Crippen LogP contribution is -2.46. The maximum Gasteiger partial charge on any atom is 0.120 e. The molecule has 0 atom stereocenters. The molecule has 0 radical (unpaired) electrons. The van der Waals surface area contributed by atoms with E-state index in [0.717, 1.165) is 74.1 Å². The lowest BCUT2D eigenvalue weighted by Gasteiger charge is -2.36. The van der Waals surface area contributed by atoms with Gasteiger partial charge in [-0.15, -0.1) is 11.3 Å². The van der Waals surface area contributed by atoms with E-state index in [4.69, 9.17) is 27.9 Å². The van der Waals surface area contributed by atoms with Crippen LogP contribution in [-0.2, 0) is 0 Å². The van der Waals surface area contributed by atoms with E-state index in [-0.39, 0.29) is 0 Å². The number of benzene rings is 2. The lowest BCUT2D eigenvalue weighted by molar-refractivity contribution is 0.238. The molecule has 0 amide bonds. The minimum Gasteiger partial charge on any atom is -0.494 e. The topological polar surface area (TPSA) is 28.6 Å². The second-order valence-electron chi connectivity index (χ2n) is 7.32. The molecule has 0 saturated carbocycles. The van der Waals surface area contributed by atoms with Crippen LogP contribution in [0.4, 0.5) is 5.69 Å². The Morgan fingerprint density at radius 3 is 2.72 bits per heavy atom. The number of hydrogen-bond donors (Lipinski definition) is 0. The first-order valence-corrected chi connectivity index (χ1v) is 11.6. The molecule has 4 rings (SSSR count). The van der Waals surface area contributed by atoms with Crippen LogP contribution in [0, 0.1) is 6.92 Å². The monoisotopic (exact) mass is 449 g/mol. The van der Waals surface area contributed by atoms with Crippen molar-refractivity contribution in [1.29, 1.82) is 0 Å². The number of fused-ring (bicyclic) bond motifs is 1. The highest BCUT2D eigenvalue weighted by molar-refractivity contribution is 7.18. The number of aromatic nitrogens is 1. The number of halogens is 2. The Morgan fingerprint density at radius 2 is 1.90 bits per heavy atom. The number of hydrogen-bond acceptors (Lipinski definition) is 5. The fourth-order valence-corrected chi connectivity index (χ4v) is 4.96. The molecule has 29 heavy (non-hydrogen) atoms. The highest BCUT2D eigenvalue weighted by atomic mass is 35.5. The van der Waals surface area contributed by atoms with Crippen molar-refractivity contribution < 1.29 is 4.74 Å². The molecule has 0 unspecified atom stereocenters. The zero-order chi connectivity index (χ0) is 20.2. The van der Waals surface area contributed by atoms with E-state index >= 15 is 0 Å². The minimum atomic E-state index is 0.622. The molecule has 1 fully saturated rings. The summed E-state index contributed by atoms with van der Waals surface area (Å²) in [7, 11) is 0. The summed E-state index contributed by atoms with van der Waals surface area (Å²) in [5, 5.41) is 2.37. The fourth-order valence-electron chi connectivity index (χ4n) is 3.69. The van der Waals surface area contributed by atoms with Gasteiger partial charge in [-0.3, -0.25) is 4.90 Å². The summed E-state index contributed by atoms with van der Waals surface area (Å²) in [5.74, 6) is 0.938. The van der Waals surface area contributed by atoms with Crippen molar-refractivity contribution in [2.45, 2.75) is 19.8 Å². The summed E-state index contributed by atoms with van der Waals surface area (Å²) >= 11 is 14.2. The molecule has 1 aliphatic rings. The first-order valence-electron chi connectivity index (χ1n) is 10.0. The quantitative estimate of drug-likeness (QED) is 0.420. The SMILES string of the molecule is Cc1nc2ccc(OCCCCN3CCN(c4cccc(Cl)c4Cl)CC3)cc2s1. The molecule has 7 heteroatoms. The van der Waals surface area contributed by atoms with Gasteiger partial charge < -0.3 is 9.64 Å². The van der Waals surface area contributed by atoms with Crippen LogP contribution in [0.3, 0.4) is 0 Å². The van der Waals surface area contributed by atoms with Crippen molar-refractivity contribution in [2.24, 2.45) is 0 Å². The molecular formula is C22H25Cl2N3OS. The Labute approximate surface area is 186 Å². The third kappa shape index (κ3) is 5.15. The summed E-state index contributed by atoms with van der Waals surface area (Å²) in [6.45, 7) is 7.94. The summed E-state index contributed by atoms with van der Waals surface area (Å²) in [6.07, 6.45) is 2.19. The fraction of sp³-hybridized carbons (Fsp3) is 0.409. The normalized spacial score (nSPS) is 15.2. The van der Waals surface area contributed by atoms with Crippen molar-refractivity contribution >= 4 is 50.4 Å². The van der Waals surface area contributed by atoms with Crippen molar-refractivity contribution in [2.75, 3.05) is 44.2 Å². The minimum absolute atomic E-state index is 0.622. The van der Waals surface area contributed by atoms with Gasteiger partial charge in [-0.25, -0.2) is 4.98 Å². The van der Waals surface area contributed by atoms with E-state index in [9.17, 15) is 0 Å². The molecule has 2 aromatic carbocycles. The molecule has 0 spiro atoms. The number of unbranched alkanes of at least 4 members (excludes halogenated alkanes) is 1. The largest absolute Gasteiger partial charge is 0.494 e. The van der Waals surface area contributed by atoms with Gasteiger partial charge in [0.15, 0.2) is 0 Å². The molecule has 3 aromatic rings. The Bertz CT molecular complexity index is 970. The zero-order valence-electron chi connectivity index (χ0n) is 16.5. The van der Waals surface area contributed by atoms with E-state index in [2.05, 4.69) is 20.9 Å². The number of ether oxygens (including phenoxy) is 1. The number of aryl methyl sites for hydroxylation is 1. The summed E-state index contributed by atoms with van der Waals surface area (Å²) < 4.78 is 7.13. The van der Waals surface area contributed by atoms with Gasteiger partial charge in [0.1, 0.15) is 5.75 Å². The van der Waals surface area contributed by atoms with Crippen molar-refractivity contribution in [3.05, 3.63) is 51.5 Å². The van der Waals surface area contributed by atoms with Gasteiger partial charge in [0.25, 0.3) is 0 Å². The van der Waals surface area contributed by atoms with E-state index in [1.165, 1.54) is 4.70 Å². The summed E-state index contributed by atoms with van der Waals surface area (Å²) in [5.41, 5.74) is 2.10. The molecule has 2 heterocycles. The van der Waals surface area contributed by atoms with Crippen LogP contribution in [0.2, 0.25) is 10.0 Å². The molecule has 1 aromatic heterocycles. The molecule has 4 nitrogen and oxygen atoms in total. The number of rotatable bonds is 7. The number of thiazole rings is 1. The first-order chi connectivity index (χ1) is 14.1. The number of nitrogens with zero attached hydrogens (tertiary/aromatic N) is 3. The van der Waals surface area contributed by atoms with Crippen molar-refractivity contribution in [3.63, 3.8) is 0 Å². The molecule has 1 saturated heterocycles. The van der Waals surface area contributed by atoms with E-state index < -0.39 is 0 Å². The molecular weight excluding hydrogens is 425 g/mol. The molecule has 154 valence electrons. The Balaban J connectivity index is 1.16. The Morgan fingerprint density at radius 1 is 1.07 bits per heavy atom. The van der Waals surface area contributed by atoms with Gasteiger partial charge in [-0.1, -0.05) is 29.3 Å².